The summed E-state index contributed by atoms with van der Waals surface area (Å²) in [6.45, 7) is 8.07. The Morgan fingerprint density at radius 3 is 0.886 bits per heavy atom. The highest BCUT2D eigenvalue weighted by molar-refractivity contribution is 7.93. The van der Waals surface area contributed by atoms with E-state index < -0.39 is 48.0 Å². The van der Waals surface area contributed by atoms with Crippen LogP contribution in [0.4, 0.5) is 17.1 Å². The van der Waals surface area contributed by atoms with Crippen LogP contribution >= 0.6 is 0 Å². The molecule has 18 heteroatoms. The van der Waals surface area contributed by atoms with Gasteiger partial charge in [-0.1, -0.05) is 136 Å². The summed E-state index contributed by atoms with van der Waals surface area (Å²) in [6, 6.07) is 63.0. The number of rotatable bonds is 24. The van der Waals surface area contributed by atoms with Gasteiger partial charge in [0.05, 0.1) is 31.4 Å². The number of aryl methyl sites for hydroxylation is 8. The summed E-state index contributed by atoms with van der Waals surface area (Å²) in [6.07, 6.45) is 6.59. The van der Waals surface area contributed by atoms with Crippen molar-refractivity contribution >= 4 is 65.0 Å². The van der Waals surface area contributed by atoms with Gasteiger partial charge in [0.1, 0.15) is 0 Å². The van der Waals surface area contributed by atoms with Gasteiger partial charge in [0.25, 0.3) is 30.1 Å². The second kappa shape index (κ2) is 30.8. The van der Waals surface area contributed by atoms with Crippen LogP contribution in [0.3, 0.4) is 0 Å². The highest BCUT2D eigenvalue weighted by Crippen LogP contribution is 2.24. The summed E-state index contributed by atoms with van der Waals surface area (Å²) in [5, 5.41) is 26.8. The van der Waals surface area contributed by atoms with Gasteiger partial charge in [0.15, 0.2) is 0 Å². The molecule has 0 aliphatic rings. The molecule has 456 valence electrons. The van der Waals surface area contributed by atoms with E-state index in [4.69, 9.17) is 15.3 Å². The molecule has 0 unspecified atom stereocenters. The standard InChI is InChI=1S/2C24H25NO4S.C22H21NO4S/c1-17(2)20-11-15-23(16-12-20)30(28,29)25-22-13-7-19(8-14-22)4-3-18-5-9-21(10-6-18)24(26)27;1-2-3-18-10-16-23(17-11-18)30(28,29)25-22-14-8-20(9-15-22)5-4-19-6-12-21(13-7-19)24(26)27;1-16-3-2-4-21(15-16)28(26,27)23-20-13-9-18(10-14-20)6-5-17-7-11-19(12-8-17)22(24)25/h5-17,25H,3-4H2,1-2H3,(H,26,27);6-17,25H,2-5H2,1H3,(H,26,27);2-4,7-15,23H,5-6H2,1H3,(H,24,25). The van der Waals surface area contributed by atoms with Gasteiger partial charge in [-0.2, -0.15) is 0 Å². The first-order chi connectivity index (χ1) is 41.9. The fourth-order valence-corrected chi connectivity index (χ4v) is 12.4. The smallest absolute Gasteiger partial charge is 0.335 e. The Labute approximate surface area is 516 Å². The van der Waals surface area contributed by atoms with Crippen molar-refractivity contribution in [3.63, 3.8) is 0 Å². The van der Waals surface area contributed by atoms with Crippen LogP contribution in [0.2, 0.25) is 0 Å². The van der Waals surface area contributed by atoms with Crippen molar-refractivity contribution < 1.29 is 55.0 Å². The minimum atomic E-state index is -3.63. The molecule has 9 aromatic rings. The Bertz CT molecular complexity index is 4130. The van der Waals surface area contributed by atoms with E-state index in [2.05, 4.69) is 34.9 Å². The fraction of sp³-hybridized carbons (Fsp3) is 0.186. The van der Waals surface area contributed by atoms with E-state index in [1.54, 1.807) is 115 Å². The third-order valence-electron chi connectivity index (χ3n) is 14.3. The lowest BCUT2D eigenvalue weighted by molar-refractivity contribution is 0.0686. The highest BCUT2D eigenvalue weighted by Gasteiger charge is 2.18. The average molecular weight is 1240 g/mol. The maximum Gasteiger partial charge on any atom is 0.335 e. The Hall–Kier alpha value is -9.36. The molecule has 15 nitrogen and oxygen atoms in total. The predicted molar refractivity (Wildman–Crippen MR) is 346 cm³/mol. The van der Waals surface area contributed by atoms with Crippen molar-refractivity contribution in [3.8, 4) is 0 Å². The second-order valence-electron chi connectivity index (χ2n) is 21.3. The molecule has 0 saturated carbocycles. The molecule has 6 N–H and O–H groups in total. The van der Waals surface area contributed by atoms with Crippen molar-refractivity contribution in [2.45, 2.75) is 99.7 Å². The normalized spacial score (nSPS) is 11.3. The van der Waals surface area contributed by atoms with Crippen LogP contribution in [-0.2, 0) is 75.0 Å². The number of sulfonamides is 3. The number of carboxylic acids is 3. The molecule has 0 spiro atoms. The van der Waals surface area contributed by atoms with Crippen molar-refractivity contribution in [1.82, 2.24) is 0 Å². The van der Waals surface area contributed by atoms with Crippen LogP contribution in [0.15, 0.2) is 233 Å². The minimum absolute atomic E-state index is 0.237. The van der Waals surface area contributed by atoms with Crippen LogP contribution < -0.4 is 14.2 Å². The molecule has 9 rings (SSSR count). The molecule has 0 bridgehead atoms. The minimum Gasteiger partial charge on any atom is -0.478 e. The molecule has 0 fully saturated rings. The largest absolute Gasteiger partial charge is 0.478 e. The van der Waals surface area contributed by atoms with Crippen LogP contribution in [-0.4, -0.2) is 58.5 Å². The summed E-state index contributed by atoms with van der Waals surface area (Å²) in [5.41, 5.74) is 11.8. The third-order valence-corrected chi connectivity index (χ3v) is 18.4. The molecular weight excluding hydrogens is 1170 g/mol. The van der Waals surface area contributed by atoms with E-state index >= 15 is 0 Å². The van der Waals surface area contributed by atoms with Gasteiger partial charge >= 0.3 is 17.9 Å². The molecule has 9 aromatic carbocycles. The van der Waals surface area contributed by atoms with E-state index in [0.29, 0.717) is 23.0 Å². The van der Waals surface area contributed by atoms with Crippen LogP contribution in [0, 0.1) is 6.92 Å². The van der Waals surface area contributed by atoms with Crippen LogP contribution in [0.25, 0.3) is 0 Å². The zero-order chi connectivity index (χ0) is 63.4. The summed E-state index contributed by atoms with van der Waals surface area (Å²) in [5.74, 6) is -2.46. The van der Waals surface area contributed by atoms with Crippen LogP contribution in [0.1, 0.15) is 114 Å². The molecule has 0 aliphatic carbocycles. The van der Waals surface area contributed by atoms with E-state index in [-0.39, 0.29) is 31.4 Å². The van der Waals surface area contributed by atoms with E-state index in [1.165, 1.54) is 0 Å². The molecule has 0 radical (unpaired) electrons. The van der Waals surface area contributed by atoms with Gasteiger partial charge in [-0.3, -0.25) is 14.2 Å². The van der Waals surface area contributed by atoms with Crippen molar-refractivity contribution in [2.24, 2.45) is 0 Å². The highest BCUT2D eigenvalue weighted by atomic mass is 32.2. The third kappa shape index (κ3) is 20.1. The van der Waals surface area contributed by atoms with Gasteiger partial charge < -0.3 is 15.3 Å². The molecule has 0 atom stereocenters. The number of anilines is 3. The lowest BCUT2D eigenvalue weighted by Crippen LogP contribution is -2.13. The lowest BCUT2D eigenvalue weighted by Gasteiger charge is -2.11. The molecule has 0 aliphatic heterocycles. The van der Waals surface area contributed by atoms with E-state index in [9.17, 15) is 39.6 Å². The molecule has 88 heavy (non-hydrogen) atoms. The number of aromatic carboxylic acids is 3. The number of hydrogen-bond acceptors (Lipinski definition) is 9. The number of benzene rings is 9. The van der Waals surface area contributed by atoms with Crippen molar-refractivity contribution in [2.75, 3.05) is 14.2 Å². The molecule has 0 aromatic heterocycles. The molecule has 0 amide bonds. The lowest BCUT2D eigenvalue weighted by atomic mass is 10.0. The van der Waals surface area contributed by atoms with Crippen LogP contribution in [0.5, 0.6) is 0 Å². The Balaban J connectivity index is 0.000000188. The van der Waals surface area contributed by atoms with Gasteiger partial charge in [0.2, 0.25) is 0 Å². The van der Waals surface area contributed by atoms with Gasteiger partial charge in [-0.05, 0) is 217 Å². The zero-order valence-electron chi connectivity index (χ0n) is 49.3. The fourth-order valence-electron chi connectivity index (χ4n) is 9.11. The molecule has 0 heterocycles. The Morgan fingerprint density at radius 1 is 0.352 bits per heavy atom. The summed E-state index contributed by atoms with van der Waals surface area (Å²) in [4.78, 5) is 33.4. The van der Waals surface area contributed by atoms with Gasteiger partial charge in [-0.15, -0.1) is 0 Å². The number of carboxylic acid groups (broad SMARTS) is 3. The second-order valence-corrected chi connectivity index (χ2v) is 26.4. The first-order valence-corrected chi connectivity index (χ1v) is 33.0. The van der Waals surface area contributed by atoms with Crippen molar-refractivity contribution in [1.29, 1.82) is 0 Å². The van der Waals surface area contributed by atoms with Crippen molar-refractivity contribution in [3.05, 3.63) is 285 Å². The SMILES string of the molecule is CC(C)c1ccc(S(=O)(=O)Nc2ccc(CCc3ccc(C(=O)O)cc3)cc2)cc1.CCCc1ccc(S(=O)(=O)Nc2ccc(CCc3ccc(C(=O)O)cc3)cc2)cc1.Cc1cccc(S(=O)(=O)Nc2ccc(CCc3ccc(C(=O)O)cc3)cc2)c1. The van der Waals surface area contributed by atoms with Gasteiger partial charge in [-0.25, -0.2) is 39.6 Å². The maximum atomic E-state index is 12.6. The molecule has 0 saturated heterocycles. The summed E-state index contributed by atoms with van der Waals surface area (Å²) in [7, 11) is -10.9. The number of nitrogens with one attached hydrogen (secondary N) is 3. The zero-order valence-corrected chi connectivity index (χ0v) is 51.7. The molecular formula is C70H71N3O12S3. The summed E-state index contributed by atoms with van der Waals surface area (Å²) >= 11 is 0. The van der Waals surface area contributed by atoms with E-state index in [0.717, 1.165) is 101 Å². The first kappa shape index (κ1) is 66.2. The number of hydrogen-bond donors (Lipinski definition) is 6. The predicted octanol–water partition coefficient (Wildman–Crippen LogP) is 14.3. The monoisotopic (exact) mass is 1240 g/mol. The quantitative estimate of drug-likeness (QED) is 0.0331. The Kier molecular flexibility index (Phi) is 23.2. The summed E-state index contributed by atoms with van der Waals surface area (Å²) < 4.78 is 83.2. The maximum absolute atomic E-state index is 12.6. The number of carbonyl (C=O) groups is 3. The topological polar surface area (TPSA) is 250 Å². The first-order valence-electron chi connectivity index (χ1n) is 28.5. The van der Waals surface area contributed by atoms with E-state index in [1.807, 2.05) is 110 Å². The van der Waals surface area contributed by atoms with Gasteiger partial charge in [0, 0.05) is 17.1 Å². The Morgan fingerprint density at radius 2 is 0.614 bits per heavy atom. The average Bonchev–Trinajstić information content (AvgIpc) is 3.71.